The molecule has 0 radical (unpaired) electrons. The Morgan fingerprint density at radius 1 is 0.943 bits per heavy atom. The van der Waals surface area contributed by atoms with Gasteiger partial charge in [-0.15, -0.1) is 0 Å². The monoisotopic (exact) mass is 470 g/mol. The molecule has 4 rings (SSSR count). The van der Waals surface area contributed by atoms with Crippen LogP contribution in [0.15, 0.2) is 66.2 Å². The number of hydrogen-bond donors (Lipinski definition) is 1. The van der Waals surface area contributed by atoms with Gasteiger partial charge in [0.05, 0.1) is 18.7 Å². The summed E-state index contributed by atoms with van der Waals surface area (Å²) in [5.41, 5.74) is 5.45. The molecule has 0 aliphatic carbocycles. The van der Waals surface area contributed by atoms with Gasteiger partial charge in [0, 0.05) is 31.0 Å². The lowest BCUT2D eigenvalue weighted by molar-refractivity contribution is -0.132. The zero-order valence-corrected chi connectivity index (χ0v) is 20.9. The van der Waals surface area contributed by atoms with Crippen LogP contribution >= 0.6 is 0 Å². The van der Waals surface area contributed by atoms with Gasteiger partial charge >= 0.3 is 0 Å². The van der Waals surface area contributed by atoms with Gasteiger partial charge in [-0.1, -0.05) is 29.8 Å². The van der Waals surface area contributed by atoms with Crippen molar-refractivity contribution in [2.45, 2.75) is 26.8 Å². The van der Waals surface area contributed by atoms with E-state index < -0.39 is 17.7 Å². The number of benzene rings is 3. The molecule has 1 amide bonds. The van der Waals surface area contributed by atoms with E-state index in [0.717, 1.165) is 27.9 Å². The first-order valence-corrected chi connectivity index (χ1v) is 11.4. The molecule has 1 N–H and O–H groups in total. The summed E-state index contributed by atoms with van der Waals surface area (Å²) in [5.74, 6) is -0.877. The highest BCUT2D eigenvalue weighted by Gasteiger charge is 2.47. The molecule has 1 saturated heterocycles. The number of ether oxygens (including phenoxy) is 1. The standard InChI is InChI=1S/C29H30N2O4/c1-17-8-7-9-20(14-17)26-25(27(32)23-15-19(3)24(35-6)16-18(23)2)28(33)29(34)31(26)22-12-10-21(11-13-22)30(4)5/h7-16,26,32H,1-6H3/b27-25+. The van der Waals surface area contributed by atoms with Crippen molar-refractivity contribution in [1.29, 1.82) is 0 Å². The van der Waals surface area contributed by atoms with E-state index in [0.29, 0.717) is 17.0 Å². The Kier molecular flexibility index (Phi) is 6.39. The van der Waals surface area contributed by atoms with E-state index >= 15 is 0 Å². The van der Waals surface area contributed by atoms with Crippen LogP contribution in [0.5, 0.6) is 5.75 Å². The van der Waals surface area contributed by atoms with Crippen molar-refractivity contribution in [3.63, 3.8) is 0 Å². The SMILES string of the molecule is COc1cc(C)c(/C(O)=C2\C(=O)C(=O)N(c3ccc(N(C)C)cc3)C2c2cccc(C)c2)cc1C. The van der Waals surface area contributed by atoms with Gasteiger partial charge < -0.3 is 14.7 Å². The molecule has 1 aliphatic rings. The number of hydrogen-bond acceptors (Lipinski definition) is 5. The number of amides is 1. The fourth-order valence-corrected chi connectivity index (χ4v) is 4.58. The first kappa shape index (κ1) is 24.1. The van der Waals surface area contributed by atoms with Crippen molar-refractivity contribution in [3.8, 4) is 5.75 Å². The van der Waals surface area contributed by atoms with Crippen LogP contribution in [-0.4, -0.2) is 38.0 Å². The fraction of sp³-hybridized carbons (Fsp3) is 0.241. The first-order chi connectivity index (χ1) is 16.6. The molecule has 1 heterocycles. The second-order valence-electron chi connectivity index (χ2n) is 9.13. The highest BCUT2D eigenvalue weighted by molar-refractivity contribution is 6.51. The summed E-state index contributed by atoms with van der Waals surface area (Å²) in [6, 6.07) is 18.0. The van der Waals surface area contributed by atoms with Crippen LogP contribution in [0.1, 0.15) is 33.9 Å². The van der Waals surface area contributed by atoms with Crippen LogP contribution in [-0.2, 0) is 9.59 Å². The van der Waals surface area contributed by atoms with Gasteiger partial charge in [-0.05, 0) is 73.9 Å². The average Bonchev–Trinajstić information content (AvgIpc) is 3.10. The highest BCUT2D eigenvalue weighted by atomic mass is 16.5. The molecule has 1 fully saturated rings. The number of methoxy groups -OCH3 is 1. The third-order valence-corrected chi connectivity index (χ3v) is 6.44. The van der Waals surface area contributed by atoms with Crippen LogP contribution in [0.4, 0.5) is 11.4 Å². The van der Waals surface area contributed by atoms with E-state index in [-0.39, 0.29) is 11.3 Å². The molecule has 3 aromatic carbocycles. The number of aryl methyl sites for hydroxylation is 3. The van der Waals surface area contributed by atoms with E-state index in [1.807, 2.05) is 94.4 Å². The molecule has 180 valence electrons. The minimum Gasteiger partial charge on any atom is -0.507 e. The van der Waals surface area contributed by atoms with Crippen molar-refractivity contribution >= 4 is 28.8 Å². The van der Waals surface area contributed by atoms with Crippen molar-refractivity contribution in [1.82, 2.24) is 0 Å². The topological polar surface area (TPSA) is 70.1 Å². The molecular weight excluding hydrogens is 440 g/mol. The predicted octanol–water partition coefficient (Wildman–Crippen LogP) is 5.31. The van der Waals surface area contributed by atoms with E-state index in [9.17, 15) is 14.7 Å². The van der Waals surface area contributed by atoms with Crippen molar-refractivity contribution in [2.75, 3.05) is 31.0 Å². The molecule has 1 aliphatic heterocycles. The maximum absolute atomic E-state index is 13.4. The zero-order valence-electron chi connectivity index (χ0n) is 20.9. The van der Waals surface area contributed by atoms with Gasteiger partial charge in [0.25, 0.3) is 11.7 Å². The number of rotatable bonds is 5. The number of aliphatic hydroxyl groups is 1. The van der Waals surface area contributed by atoms with E-state index in [2.05, 4.69) is 0 Å². The van der Waals surface area contributed by atoms with Crippen molar-refractivity contribution in [3.05, 3.63) is 94.1 Å². The van der Waals surface area contributed by atoms with Crippen LogP contribution < -0.4 is 14.5 Å². The Balaban J connectivity index is 1.95. The largest absolute Gasteiger partial charge is 0.507 e. The molecule has 6 nitrogen and oxygen atoms in total. The molecular formula is C29H30N2O4. The summed E-state index contributed by atoms with van der Waals surface area (Å²) in [4.78, 5) is 30.3. The Morgan fingerprint density at radius 3 is 2.23 bits per heavy atom. The summed E-state index contributed by atoms with van der Waals surface area (Å²) in [7, 11) is 5.46. The zero-order chi connectivity index (χ0) is 25.4. The second kappa shape index (κ2) is 9.29. The molecule has 0 aromatic heterocycles. The molecule has 35 heavy (non-hydrogen) atoms. The molecule has 3 aromatic rings. The maximum atomic E-state index is 13.4. The number of carbonyl (C=O) groups excluding carboxylic acids is 2. The lowest BCUT2D eigenvalue weighted by Gasteiger charge is -2.26. The predicted molar refractivity (Wildman–Crippen MR) is 139 cm³/mol. The number of carbonyl (C=O) groups is 2. The Labute approximate surface area is 206 Å². The first-order valence-electron chi connectivity index (χ1n) is 11.4. The minimum atomic E-state index is -0.762. The fourth-order valence-electron chi connectivity index (χ4n) is 4.58. The number of nitrogens with zero attached hydrogens (tertiary/aromatic N) is 2. The Bertz CT molecular complexity index is 1340. The lowest BCUT2D eigenvalue weighted by Crippen LogP contribution is -2.29. The van der Waals surface area contributed by atoms with Gasteiger partial charge in [-0.2, -0.15) is 0 Å². The summed E-state index contributed by atoms with van der Waals surface area (Å²) in [5, 5.41) is 11.5. The van der Waals surface area contributed by atoms with Crippen LogP contribution in [0.3, 0.4) is 0 Å². The summed E-state index contributed by atoms with van der Waals surface area (Å²) in [6.07, 6.45) is 0. The quantitative estimate of drug-likeness (QED) is 0.311. The van der Waals surface area contributed by atoms with E-state index in [4.69, 9.17) is 4.74 Å². The summed E-state index contributed by atoms with van der Waals surface area (Å²) in [6.45, 7) is 5.67. The summed E-state index contributed by atoms with van der Waals surface area (Å²) < 4.78 is 5.40. The van der Waals surface area contributed by atoms with Crippen LogP contribution in [0, 0.1) is 20.8 Å². The third kappa shape index (κ3) is 4.28. The van der Waals surface area contributed by atoms with Gasteiger partial charge in [0.2, 0.25) is 0 Å². The second-order valence-corrected chi connectivity index (χ2v) is 9.13. The Hall–Kier alpha value is -4.06. The highest BCUT2D eigenvalue weighted by Crippen LogP contribution is 2.43. The van der Waals surface area contributed by atoms with E-state index in [1.165, 1.54) is 4.90 Å². The van der Waals surface area contributed by atoms with Gasteiger partial charge in [0.1, 0.15) is 11.5 Å². The molecule has 6 heteroatoms. The van der Waals surface area contributed by atoms with Crippen molar-refractivity contribution < 1.29 is 19.4 Å². The molecule has 0 saturated carbocycles. The van der Waals surface area contributed by atoms with Gasteiger partial charge in [-0.25, -0.2) is 0 Å². The van der Waals surface area contributed by atoms with Crippen LogP contribution in [0.2, 0.25) is 0 Å². The smallest absolute Gasteiger partial charge is 0.300 e. The minimum absolute atomic E-state index is 0.0740. The number of Topliss-reactive ketones (excluding diaryl/α,β-unsaturated/α-hetero) is 1. The number of anilines is 2. The summed E-state index contributed by atoms with van der Waals surface area (Å²) >= 11 is 0. The van der Waals surface area contributed by atoms with Gasteiger partial charge in [0.15, 0.2) is 0 Å². The van der Waals surface area contributed by atoms with Gasteiger partial charge in [-0.3, -0.25) is 14.5 Å². The molecule has 0 spiro atoms. The lowest BCUT2D eigenvalue weighted by atomic mass is 9.92. The maximum Gasteiger partial charge on any atom is 0.300 e. The van der Waals surface area contributed by atoms with Crippen LogP contribution in [0.25, 0.3) is 5.76 Å². The van der Waals surface area contributed by atoms with E-state index in [1.54, 1.807) is 13.2 Å². The molecule has 1 atom stereocenters. The number of ketones is 1. The third-order valence-electron chi connectivity index (χ3n) is 6.44. The van der Waals surface area contributed by atoms with Crippen molar-refractivity contribution in [2.24, 2.45) is 0 Å². The Morgan fingerprint density at radius 2 is 1.63 bits per heavy atom. The average molecular weight is 471 g/mol. The number of aliphatic hydroxyl groups excluding tert-OH is 1. The normalized spacial score (nSPS) is 17.1. The molecule has 1 unspecified atom stereocenters. The molecule has 0 bridgehead atoms.